The quantitative estimate of drug-likeness (QED) is 0.772. The van der Waals surface area contributed by atoms with Crippen molar-refractivity contribution in [1.82, 2.24) is 4.98 Å². The van der Waals surface area contributed by atoms with Crippen molar-refractivity contribution < 1.29 is 28.2 Å². The predicted octanol–water partition coefficient (Wildman–Crippen LogP) is 1.92. The first-order chi connectivity index (χ1) is 14.3. The van der Waals surface area contributed by atoms with Crippen LogP contribution in [-0.4, -0.2) is 48.8 Å². The van der Waals surface area contributed by atoms with Gasteiger partial charge in [-0.1, -0.05) is 6.07 Å². The third kappa shape index (κ3) is 3.50. The zero-order valence-corrected chi connectivity index (χ0v) is 16.6. The fraction of sp³-hybridized carbons (Fsp3) is 0.381. The first-order valence-corrected chi connectivity index (χ1v) is 9.49. The third-order valence-corrected chi connectivity index (χ3v) is 5.58. The van der Waals surface area contributed by atoms with Crippen molar-refractivity contribution in [2.75, 3.05) is 25.6 Å². The van der Waals surface area contributed by atoms with Gasteiger partial charge in [-0.15, -0.1) is 0 Å². The minimum Gasteiger partial charge on any atom is -0.496 e. The van der Waals surface area contributed by atoms with Crippen molar-refractivity contribution in [3.63, 3.8) is 0 Å². The molecular formula is C21H22FN3O5. The Balaban J connectivity index is 1.65. The standard InChI is InChI=1S/C21H22FN3O5/c1-11-15(22)4-3-13(17(11)28-2)14-8-21(9-29-10-21)30-18(14)20(27)25-12-5-6-24-16(7-12)19(23)26/h3-7,14,18H,8-10H2,1-2H3,(H2,23,26)(H,24,25,27)/t14-,18+/m0/s1. The van der Waals surface area contributed by atoms with E-state index in [1.54, 1.807) is 19.1 Å². The number of benzene rings is 1. The van der Waals surface area contributed by atoms with Crippen LogP contribution in [0.2, 0.25) is 0 Å². The van der Waals surface area contributed by atoms with Crippen LogP contribution in [0.5, 0.6) is 5.75 Å². The van der Waals surface area contributed by atoms with Gasteiger partial charge in [0.25, 0.3) is 11.8 Å². The Bertz CT molecular complexity index is 1010. The molecule has 0 saturated carbocycles. The summed E-state index contributed by atoms with van der Waals surface area (Å²) in [6, 6.07) is 5.95. The Kier molecular flexibility index (Phi) is 5.17. The molecule has 2 amide bonds. The highest BCUT2D eigenvalue weighted by Gasteiger charge is 2.54. The van der Waals surface area contributed by atoms with E-state index in [1.807, 2.05) is 0 Å². The number of carbonyl (C=O) groups excluding carboxylic acids is 2. The van der Waals surface area contributed by atoms with Crippen LogP contribution in [-0.2, 0) is 14.3 Å². The van der Waals surface area contributed by atoms with Crippen molar-refractivity contribution in [3.8, 4) is 5.75 Å². The molecule has 2 atom stereocenters. The molecule has 9 heteroatoms. The van der Waals surface area contributed by atoms with E-state index in [0.29, 0.717) is 42.2 Å². The molecule has 0 unspecified atom stereocenters. The van der Waals surface area contributed by atoms with E-state index in [4.69, 9.17) is 19.9 Å². The Labute approximate surface area is 172 Å². The van der Waals surface area contributed by atoms with E-state index < -0.39 is 23.5 Å². The summed E-state index contributed by atoms with van der Waals surface area (Å²) in [5, 5.41) is 2.76. The summed E-state index contributed by atoms with van der Waals surface area (Å²) in [6.07, 6.45) is 1.07. The van der Waals surface area contributed by atoms with Crippen LogP contribution >= 0.6 is 0 Å². The number of anilines is 1. The molecule has 2 saturated heterocycles. The highest BCUT2D eigenvalue weighted by atomic mass is 19.1. The van der Waals surface area contributed by atoms with Gasteiger partial charge in [0.15, 0.2) is 0 Å². The van der Waals surface area contributed by atoms with Crippen LogP contribution in [0.15, 0.2) is 30.5 Å². The van der Waals surface area contributed by atoms with Gasteiger partial charge < -0.3 is 25.3 Å². The molecule has 30 heavy (non-hydrogen) atoms. The Hall–Kier alpha value is -3.04. The van der Waals surface area contributed by atoms with Crippen LogP contribution in [0, 0.1) is 12.7 Å². The lowest BCUT2D eigenvalue weighted by Gasteiger charge is -2.37. The molecule has 3 N–H and O–H groups in total. The maximum Gasteiger partial charge on any atom is 0.267 e. The molecule has 1 spiro atoms. The number of nitrogens with two attached hydrogens (primary N) is 1. The summed E-state index contributed by atoms with van der Waals surface area (Å²) in [6.45, 7) is 2.40. The van der Waals surface area contributed by atoms with Gasteiger partial charge in [0, 0.05) is 28.9 Å². The van der Waals surface area contributed by atoms with Crippen LogP contribution < -0.4 is 15.8 Å². The molecule has 0 aliphatic carbocycles. The number of halogens is 1. The molecule has 3 heterocycles. The molecule has 2 aromatic rings. The highest BCUT2D eigenvalue weighted by Crippen LogP contribution is 2.48. The number of hydrogen-bond donors (Lipinski definition) is 2. The number of carbonyl (C=O) groups is 2. The fourth-order valence-corrected chi connectivity index (χ4v) is 4.04. The largest absolute Gasteiger partial charge is 0.496 e. The molecule has 158 valence electrons. The second kappa shape index (κ2) is 7.66. The zero-order valence-electron chi connectivity index (χ0n) is 16.6. The van der Waals surface area contributed by atoms with Gasteiger partial charge in [-0.05, 0) is 31.5 Å². The highest BCUT2D eigenvalue weighted by molar-refractivity contribution is 5.97. The lowest BCUT2D eigenvalue weighted by atomic mass is 9.84. The van der Waals surface area contributed by atoms with E-state index in [9.17, 15) is 14.0 Å². The lowest BCUT2D eigenvalue weighted by Crippen LogP contribution is -2.50. The van der Waals surface area contributed by atoms with Crippen LogP contribution in [0.4, 0.5) is 10.1 Å². The van der Waals surface area contributed by atoms with Crippen molar-refractivity contribution in [2.24, 2.45) is 5.73 Å². The first kappa shape index (κ1) is 20.2. The molecule has 8 nitrogen and oxygen atoms in total. The molecule has 1 aromatic carbocycles. The van der Waals surface area contributed by atoms with Gasteiger partial charge in [-0.3, -0.25) is 14.6 Å². The summed E-state index contributed by atoms with van der Waals surface area (Å²) < 4.78 is 31.0. The Morgan fingerprint density at radius 2 is 2.10 bits per heavy atom. The van der Waals surface area contributed by atoms with E-state index >= 15 is 0 Å². The number of ether oxygens (including phenoxy) is 3. The predicted molar refractivity (Wildman–Crippen MR) is 105 cm³/mol. The van der Waals surface area contributed by atoms with Crippen LogP contribution in [0.3, 0.4) is 0 Å². The number of aromatic nitrogens is 1. The summed E-state index contributed by atoms with van der Waals surface area (Å²) in [5.41, 5.74) is 6.19. The Morgan fingerprint density at radius 3 is 2.73 bits per heavy atom. The summed E-state index contributed by atoms with van der Waals surface area (Å²) >= 11 is 0. The van der Waals surface area contributed by atoms with Gasteiger partial charge in [-0.2, -0.15) is 0 Å². The first-order valence-electron chi connectivity index (χ1n) is 9.49. The average Bonchev–Trinajstić information content (AvgIpc) is 3.12. The number of methoxy groups -OCH3 is 1. The number of rotatable bonds is 5. The van der Waals surface area contributed by atoms with E-state index in [2.05, 4.69) is 10.3 Å². The summed E-state index contributed by atoms with van der Waals surface area (Å²) in [5.74, 6) is -1.43. The van der Waals surface area contributed by atoms with Crippen molar-refractivity contribution in [3.05, 3.63) is 53.1 Å². The molecule has 1 aromatic heterocycles. The normalized spacial score (nSPS) is 21.8. The average molecular weight is 415 g/mol. The van der Waals surface area contributed by atoms with Gasteiger partial charge in [0.05, 0.1) is 20.3 Å². The second-order valence-corrected chi connectivity index (χ2v) is 7.60. The van der Waals surface area contributed by atoms with Gasteiger partial charge in [-0.25, -0.2) is 4.39 Å². The number of primary amides is 1. The molecule has 2 fully saturated rings. The minimum atomic E-state index is -0.849. The number of nitrogens with zero attached hydrogens (tertiary/aromatic N) is 1. The molecule has 0 radical (unpaired) electrons. The van der Waals surface area contributed by atoms with Gasteiger partial charge >= 0.3 is 0 Å². The smallest absolute Gasteiger partial charge is 0.267 e. The topological polar surface area (TPSA) is 113 Å². The Morgan fingerprint density at radius 1 is 1.33 bits per heavy atom. The number of pyridine rings is 1. The lowest BCUT2D eigenvalue weighted by molar-refractivity contribution is -0.200. The molecule has 2 aliphatic heterocycles. The van der Waals surface area contributed by atoms with Gasteiger partial charge in [0.2, 0.25) is 0 Å². The number of amides is 2. The van der Waals surface area contributed by atoms with Gasteiger partial charge in [0.1, 0.15) is 29.0 Å². The van der Waals surface area contributed by atoms with E-state index in [-0.39, 0.29) is 17.4 Å². The van der Waals surface area contributed by atoms with Crippen molar-refractivity contribution in [1.29, 1.82) is 0 Å². The molecule has 4 rings (SSSR count). The summed E-state index contributed by atoms with van der Waals surface area (Å²) in [4.78, 5) is 28.4. The van der Waals surface area contributed by atoms with Crippen LogP contribution in [0.1, 0.15) is 34.0 Å². The molecule has 2 aliphatic rings. The van der Waals surface area contributed by atoms with Crippen molar-refractivity contribution >= 4 is 17.5 Å². The van der Waals surface area contributed by atoms with E-state index in [1.165, 1.54) is 25.4 Å². The number of hydrogen-bond acceptors (Lipinski definition) is 6. The molecule has 0 bridgehead atoms. The maximum atomic E-state index is 14.1. The zero-order chi connectivity index (χ0) is 21.5. The summed E-state index contributed by atoms with van der Waals surface area (Å²) in [7, 11) is 1.47. The third-order valence-electron chi connectivity index (χ3n) is 5.58. The maximum absolute atomic E-state index is 14.1. The van der Waals surface area contributed by atoms with Crippen LogP contribution in [0.25, 0.3) is 0 Å². The monoisotopic (exact) mass is 415 g/mol. The number of nitrogens with one attached hydrogen (secondary N) is 1. The van der Waals surface area contributed by atoms with Crippen molar-refractivity contribution in [2.45, 2.75) is 31.0 Å². The molecular weight excluding hydrogens is 393 g/mol. The minimum absolute atomic E-state index is 0.0383. The SMILES string of the molecule is COc1c([C@@H]2CC3(COC3)O[C@H]2C(=O)Nc2ccnc(C(N)=O)c2)ccc(F)c1C. The second-order valence-electron chi connectivity index (χ2n) is 7.60. The van der Waals surface area contributed by atoms with E-state index in [0.717, 1.165) is 0 Å². The fourth-order valence-electron chi connectivity index (χ4n) is 4.04.